The van der Waals surface area contributed by atoms with Crippen LogP contribution in [0.25, 0.3) is 0 Å². The number of benzene rings is 2. The Bertz CT molecular complexity index is 814. The number of nitrogens with one attached hydrogen (secondary N) is 1. The molecule has 1 unspecified atom stereocenters. The van der Waals surface area contributed by atoms with Gasteiger partial charge in [0.05, 0.1) is 7.11 Å². The summed E-state index contributed by atoms with van der Waals surface area (Å²) in [5.74, 6) is -0.481. The van der Waals surface area contributed by atoms with Crippen LogP contribution < -0.4 is 15.9 Å². The maximum absolute atomic E-state index is 12.5. The summed E-state index contributed by atoms with van der Waals surface area (Å²) in [6.07, 6.45) is -0.200. The number of carbonyl (C=O) groups is 2. The molecule has 0 saturated carbocycles. The van der Waals surface area contributed by atoms with Gasteiger partial charge in [0.15, 0.2) is 0 Å². The Morgan fingerprint density at radius 3 is 1.86 bits per heavy atom. The molecule has 0 spiro atoms. The van der Waals surface area contributed by atoms with Gasteiger partial charge in [-0.05, 0) is 64.3 Å². The van der Waals surface area contributed by atoms with E-state index < -0.39 is 31.6 Å². The third-order valence-corrected chi connectivity index (χ3v) is 7.25. The molecular formula is C23H30NO4P. The maximum Gasteiger partial charge on any atom is 0.408 e. The molecular weight excluding hydrogens is 385 g/mol. The summed E-state index contributed by atoms with van der Waals surface area (Å²) in [6.45, 7) is 9.49. The molecule has 0 radical (unpaired) electrons. The molecule has 0 bridgehead atoms. The Morgan fingerprint density at radius 2 is 1.45 bits per heavy atom. The minimum atomic E-state index is -0.905. The van der Waals surface area contributed by atoms with Gasteiger partial charge < -0.3 is 14.8 Å². The first-order valence-corrected chi connectivity index (χ1v) is 11.1. The third-order valence-electron chi connectivity index (χ3n) is 4.35. The molecule has 0 heterocycles. The van der Waals surface area contributed by atoms with Crippen molar-refractivity contribution < 1.29 is 19.1 Å². The number of aryl methyl sites for hydroxylation is 2. The van der Waals surface area contributed by atoms with E-state index in [1.165, 1.54) is 17.7 Å². The van der Waals surface area contributed by atoms with Crippen molar-refractivity contribution in [1.82, 2.24) is 5.32 Å². The first-order chi connectivity index (χ1) is 13.6. The smallest absolute Gasteiger partial charge is 0.408 e. The Hall–Kier alpha value is -2.39. The molecule has 1 N–H and O–H groups in total. The van der Waals surface area contributed by atoms with Crippen molar-refractivity contribution in [2.45, 2.75) is 46.3 Å². The predicted molar refractivity (Wildman–Crippen MR) is 119 cm³/mol. The van der Waals surface area contributed by atoms with Crippen LogP contribution in [0.4, 0.5) is 4.79 Å². The molecule has 0 aliphatic heterocycles. The number of hydrogen-bond acceptors (Lipinski definition) is 4. The van der Waals surface area contributed by atoms with Gasteiger partial charge in [0.25, 0.3) is 0 Å². The molecule has 2 aromatic carbocycles. The number of amides is 1. The molecule has 0 aliphatic carbocycles. The van der Waals surface area contributed by atoms with Gasteiger partial charge in [-0.3, -0.25) is 0 Å². The highest BCUT2D eigenvalue weighted by molar-refractivity contribution is 7.73. The Morgan fingerprint density at radius 1 is 0.966 bits per heavy atom. The Labute approximate surface area is 174 Å². The molecule has 5 nitrogen and oxygen atoms in total. The molecule has 2 aromatic rings. The lowest BCUT2D eigenvalue weighted by Gasteiger charge is -2.27. The summed E-state index contributed by atoms with van der Waals surface area (Å²) in [4.78, 5) is 24.8. The third kappa shape index (κ3) is 6.57. The highest BCUT2D eigenvalue weighted by atomic mass is 31.1. The predicted octanol–water partition coefficient (Wildman–Crippen LogP) is 3.80. The topological polar surface area (TPSA) is 64.6 Å². The van der Waals surface area contributed by atoms with Gasteiger partial charge in [0, 0.05) is 6.16 Å². The second-order valence-corrected chi connectivity index (χ2v) is 10.1. The van der Waals surface area contributed by atoms with Crippen LogP contribution >= 0.6 is 7.92 Å². The van der Waals surface area contributed by atoms with E-state index in [1.807, 2.05) is 24.3 Å². The lowest BCUT2D eigenvalue weighted by molar-refractivity contribution is -0.142. The van der Waals surface area contributed by atoms with Crippen LogP contribution in [0.5, 0.6) is 0 Å². The van der Waals surface area contributed by atoms with E-state index in [9.17, 15) is 9.59 Å². The molecule has 2 rings (SSSR count). The van der Waals surface area contributed by atoms with Crippen molar-refractivity contribution in [1.29, 1.82) is 0 Å². The minimum absolute atomic E-state index is 0.428. The average Bonchev–Trinajstić information content (AvgIpc) is 2.64. The molecule has 0 fully saturated rings. The molecule has 1 amide bonds. The highest BCUT2D eigenvalue weighted by Gasteiger charge is 2.30. The second kappa shape index (κ2) is 9.89. The average molecular weight is 415 g/mol. The van der Waals surface area contributed by atoms with E-state index in [0.29, 0.717) is 6.16 Å². The summed E-state index contributed by atoms with van der Waals surface area (Å²) in [5.41, 5.74) is 1.66. The highest BCUT2D eigenvalue weighted by Crippen LogP contribution is 2.37. The largest absolute Gasteiger partial charge is 0.467 e. The second-order valence-electron chi connectivity index (χ2n) is 7.91. The normalized spacial score (nSPS) is 12.4. The molecule has 0 aliphatic rings. The van der Waals surface area contributed by atoms with Gasteiger partial charge in [-0.1, -0.05) is 48.5 Å². The fourth-order valence-corrected chi connectivity index (χ4v) is 5.80. The van der Waals surface area contributed by atoms with E-state index in [4.69, 9.17) is 9.47 Å². The van der Waals surface area contributed by atoms with E-state index in [0.717, 1.165) is 11.1 Å². The van der Waals surface area contributed by atoms with Crippen molar-refractivity contribution >= 4 is 30.6 Å². The first kappa shape index (κ1) is 22.9. The van der Waals surface area contributed by atoms with Crippen LogP contribution in [0.3, 0.4) is 0 Å². The van der Waals surface area contributed by atoms with Gasteiger partial charge in [-0.15, -0.1) is 0 Å². The zero-order valence-corrected chi connectivity index (χ0v) is 18.9. The van der Waals surface area contributed by atoms with Gasteiger partial charge >= 0.3 is 12.1 Å². The first-order valence-electron chi connectivity index (χ1n) is 9.58. The molecule has 29 heavy (non-hydrogen) atoms. The van der Waals surface area contributed by atoms with E-state index >= 15 is 0 Å². The SMILES string of the molecule is COC(=O)C(CP(c1ccccc1C)c1ccccc1C)NC(=O)OC(C)(C)C. The summed E-state index contributed by atoms with van der Waals surface area (Å²) in [7, 11) is 0.424. The number of methoxy groups -OCH3 is 1. The fraction of sp³-hybridized carbons (Fsp3) is 0.391. The van der Waals surface area contributed by atoms with Crippen LogP contribution in [0.1, 0.15) is 31.9 Å². The Balaban J connectivity index is 2.40. The molecule has 0 saturated heterocycles. The van der Waals surface area contributed by atoms with Gasteiger partial charge in [-0.2, -0.15) is 0 Å². The van der Waals surface area contributed by atoms with Crippen molar-refractivity contribution in [3.63, 3.8) is 0 Å². The molecule has 1 atom stereocenters. The molecule has 0 aromatic heterocycles. The minimum Gasteiger partial charge on any atom is -0.467 e. The van der Waals surface area contributed by atoms with Crippen LogP contribution in [0.2, 0.25) is 0 Å². The zero-order chi connectivity index (χ0) is 21.6. The monoisotopic (exact) mass is 415 g/mol. The van der Waals surface area contributed by atoms with Crippen molar-refractivity contribution in [3.05, 3.63) is 59.7 Å². The number of ether oxygens (including phenoxy) is 2. The number of rotatable bonds is 6. The Kier molecular flexibility index (Phi) is 7.80. The quantitative estimate of drug-likeness (QED) is 0.576. The van der Waals surface area contributed by atoms with Gasteiger partial charge in [0.2, 0.25) is 0 Å². The van der Waals surface area contributed by atoms with Crippen LogP contribution in [-0.2, 0) is 14.3 Å². The maximum atomic E-state index is 12.5. The van der Waals surface area contributed by atoms with Crippen LogP contribution in [0, 0.1) is 13.8 Å². The number of hydrogen-bond donors (Lipinski definition) is 1. The summed E-state index contributed by atoms with van der Waals surface area (Å²) >= 11 is 0. The summed E-state index contributed by atoms with van der Waals surface area (Å²) < 4.78 is 10.3. The molecule has 156 valence electrons. The number of alkyl carbamates (subject to hydrolysis) is 1. The van der Waals surface area contributed by atoms with Crippen LogP contribution in [-0.4, -0.2) is 37.0 Å². The summed E-state index contributed by atoms with van der Waals surface area (Å²) in [5, 5.41) is 5.07. The van der Waals surface area contributed by atoms with E-state index in [-0.39, 0.29) is 0 Å². The lowest BCUT2D eigenvalue weighted by atomic mass is 10.2. The lowest BCUT2D eigenvalue weighted by Crippen LogP contribution is -2.46. The van der Waals surface area contributed by atoms with Gasteiger partial charge in [-0.25, -0.2) is 9.59 Å². The fourth-order valence-electron chi connectivity index (χ4n) is 3.01. The van der Waals surface area contributed by atoms with Gasteiger partial charge in [0.1, 0.15) is 11.6 Å². The molecule has 6 heteroatoms. The summed E-state index contributed by atoms with van der Waals surface area (Å²) in [6, 6.07) is 15.5. The van der Waals surface area contributed by atoms with Crippen molar-refractivity contribution in [3.8, 4) is 0 Å². The number of carbonyl (C=O) groups excluding carboxylic acids is 2. The zero-order valence-electron chi connectivity index (χ0n) is 18.0. The number of esters is 1. The van der Waals surface area contributed by atoms with Crippen molar-refractivity contribution in [2.24, 2.45) is 0 Å². The van der Waals surface area contributed by atoms with E-state index in [1.54, 1.807) is 20.8 Å². The van der Waals surface area contributed by atoms with E-state index in [2.05, 4.69) is 43.4 Å². The standard InChI is InChI=1S/C23H30NO4P/c1-16-11-7-9-13-19(16)29(20-14-10-8-12-17(20)2)15-18(21(25)27-6)24-22(26)28-23(3,4)5/h7-14,18H,15H2,1-6H3,(H,24,26). The van der Waals surface area contributed by atoms with Crippen molar-refractivity contribution in [2.75, 3.05) is 13.3 Å². The van der Waals surface area contributed by atoms with Crippen LogP contribution in [0.15, 0.2) is 48.5 Å².